The molecule has 1 aromatic carbocycles. The molecule has 96 valence electrons. The fourth-order valence-electron chi connectivity index (χ4n) is 1.21. The van der Waals surface area contributed by atoms with Crippen LogP contribution in [0.2, 0.25) is 0 Å². The van der Waals surface area contributed by atoms with Gasteiger partial charge >= 0.3 is 0 Å². The van der Waals surface area contributed by atoms with E-state index < -0.39 is 0 Å². The van der Waals surface area contributed by atoms with Crippen molar-refractivity contribution in [2.24, 2.45) is 0 Å². The van der Waals surface area contributed by atoms with Gasteiger partial charge in [-0.2, -0.15) is 0 Å². The molecule has 0 N–H and O–H groups in total. The van der Waals surface area contributed by atoms with Crippen LogP contribution in [0.5, 0.6) is 5.75 Å². The number of hydrogen-bond acceptors (Lipinski definition) is 1. The van der Waals surface area contributed by atoms with Crippen LogP contribution in [-0.2, 0) is 0 Å². The molecule has 0 fully saturated rings. The number of rotatable bonds is 1. The van der Waals surface area contributed by atoms with E-state index in [1.807, 2.05) is 0 Å². The van der Waals surface area contributed by atoms with Gasteiger partial charge in [-0.3, -0.25) is 0 Å². The zero-order chi connectivity index (χ0) is 14.1. The molecule has 1 nitrogen and oxygen atoms in total. The Balaban J connectivity index is -0.000000150. The zero-order valence-corrected chi connectivity index (χ0v) is 9.87. The van der Waals surface area contributed by atoms with Gasteiger partial charge in [0, 0.05) is 26.0 Å². The molecule has 1 aromatic rings. The molecule has 0 bridgehead atoms. The van der Waals surface area contributed by atoms with E-state index >= 15 is 0 Å². The lowest BCUT2D eigenvalue weighted by molar-refractivity contribution is 0.517. The van der Waals surface area contributed by atoms with Gasteiger partial charge in [0.15, 0.2) is 5.75 Å². The van der Waals surface area contributed by atoms with Crippen molar-refractivity contribution in [1.82, 2.24) is 0 Å². The molecule has 0 aliphatic heterocycles. The first-order valence-corrected chi connectivity index (χ1v) is 4.97. The Kier molecular flexibility index (Phi) is 4.85. The molecular formula is C18H18O. The van der Waals surface area contributed by atoms with Gasteiger partial charge in [0.2, 0.25) is 0 Å². The van der Waals surface area contributed by atoms with E-state index in [1.54, 1.807) is 12.1 Å². The van der Waals surface area contributed by atoms with E-state index in [-0.39, 0.29) is 8.56 Å². The Labute approximate surface area is 122 Å². The summed E-state index contributed by atoms with van der Waals surface area (Å²) in [7, 11) is 0. The Morgan fingerprint density at radius 3 is 1.95 bits per heavy atom. The van der Waals surface area contributed by atoms with Gasteiger partial charge in [0.1, 0.15) is 6.11 Å². The first-order chi connectivity index (χ1) is 9.26. The van der Waals surface area contributed by atoms with Crippen LogP contribution in [0.1, 0.15) is 25.3 Å². The van der Waals surface area contributed by atoms with Crippen molar-refractivity contribution in [2.75, 3.05) is 0 Å². The van der Waals surface area contributed by atoms with E-state index in [0.717, 1.165) is 0 Å². The van der Waals surface area contributed by atoms with E-state index in [1.165, 1.54) is 0 Å². The molecule has 0 spiro atoms. The summed E-state index contributed by atoms with van der Waals surface area (Å²) in [6, 6.07) is 3.23. The molecule has 1 heteroatoms. The van der Waals surface area contributed by atoms with Crippen molar-refractivity contribution in [1.29, 1.82) is 0 Å². The highest BCUT2D eigenvalue weighted by atomic mass is 16.5. The van der Waals surface area contributed by atoms with Crippen molar-refractivity contribution in [2.45, 2.75) is 0 Å². The van der Waals surface area contributed by atoms with Crippen LogP contribution >= 0.6 is 0 Å². The van der Waals surface area contributed by atoms with E-state index in [0.29, 0.717) is 22.4 Å². The first kappa shape index (κ1) is 13.4. The molecule has 0 unspecified atom stereocenters. The molecular weight excluding hydrogens is 232 g/mol. The summed E-state index contributed by atoms with van der Waals surface area (Å²) in [4.78, 5) is 0. The van der Waals surface area contributed by atoms with Crippen molar-refractivity contribution in [3.63, 3.8) is 0 Å². The highest BCUT2D eigenvalue weighted by Crippen LogP contribution is 2.24. The van der Waals surface area contributed by atoms with E-state index in [4.69, 9.17) is 30.4 Å². The van der Waals surface area contributed by atoms with Gasteiger partial charge in [-0.1, -0.05) is 17.8 Å². The first-order valence-electron chi connectivity index (χ1n) is 4.97. The summed E-state index contributed by atoms with van der Waals surface area (Å²) in [5, 5.41) is 0. The average Bonchev–Trinajstić information content (AvgIpc) is 2.46. The quantitative estimate of drug-likeness (QED) is 0.696. The number of benzene rings is 1. The maximum Gasteiger partial charge on any atom is 0.171 e. The molecule has 0 saturated carbocycles. The van der Waals surface area contributed by atoms with Gasteiger partial charge < -0.3 is 4.74 Å². The summed E-state index contributed by atoms with van der Waals surface area (Å²) < 4.78 is 5.21. The second-order valence-corrected chi connectivity index (χ2v) is 3.06. The minimum absolute atomic E-state index is 0. The topological polar surface area (TPSA) is 9.23 Å². The maximum absolute atomic E-state index is 5.38. The molecule has 19 heavy (non-hydrogen) atoms. The fraction of sp³-hybridized carbons (Fsp3) is 0. The number of ether oxygens (including phenoxy) is 1. The van der Waals surface area contributed by atoms with Crippen LogP contribution in [0, 0.1) is 73.2 Å². The Morgan fingerprint density at radius 2 is 1.47 bits per heavy atom. The number of terminal acetylenes is 4. The molecule has 0 aromatic heterocycles. The van der Waals surface area contributed by atoms with Crippen LogP contribution in [-0.4, -0.2) is 0 Å². The second-order valence-electron chi connectivity index (χ2n) is 3.06. The van der Waals surface area contributed by atoms with Gasteiger partial charge in [-0.25, -0.2) is 0 Å². The predicted octanol–water partition coefficient (Wildman–Crippen LogP) is 3.08. The summed E-state index contributed by atoms with van der Waals surface area (Å²) in [6.07, 6.45) is 23.4. The van der Waals surface area contributed by atoms with Crippen LogP contribution in [0.4, 0.5) is 0 Å². The Morgan fingerprint density at radius 1 is 0.842 bits per heavy atom. The maximum atomic E-state index is 5.38. The van der Waals surface area contributed by atoms with Gasteiger partial charge in [-0.15, -0.1) is 25.7 Å². The zero-order valence-electron chi connectivity index (χ0n) is 9.87. The lowest BCUT2D eigenvalue weighted by Gasteiger charge is -2.05. The van der Waals surface area contributed by atoms with E-state index in [9.17, 15) is 0 Å². The van der Waals surface area contributed by atoms with Gasteiger partial charge in [0.25, 0.3) is 0 Å². The van der Waals surface area contributed by atoms with Crippen molar-refractivity contribution in [3.8, 4) is 79.0 Å². The third-order valence-corrected chi connectivity index (χ3v) is 1.97. The summed E-state index contributed by atoms with van der Waals surface area (Å²) in [6.45, 7) is 0. The van der Waals surface area contributed by atoms with Crippen LogP contribution < -0.4 is 4.74 Å². The van der Waals surface area contributed by atoms with Crippen molar-refractivity contribution in [3.05, 3.63) is 28.8 Å². The van der Waals surface area contributed by atoms with Gasteiger partial charge in [0.05, 0.1) is 11.1 Å². The molecule has 0 radical (unpaired) electrons. The van der Waals surface area contributed by atoms with Gasteiger partial charge in [-0.05, 0) is 24.0 Å². The lowest BCUT2D eigenvalue weighted by atomic mass is 10.0. The SMILES string of the molecule is C#CC#CC#COc1c(C#C)cc(C#C)cc1C#C.[HH].[HH].[HH].[HH].[HH].[HH]. The normalized spacial score (nSPS) is 6.95. The second kappa shape index (κ2) is 6.85. The predicted molar refractivity (Wildman–Crippen MR) is 87.9 cm³/mol. The van der Waals surface area contributed by atoms with Crippen LogP contribution in [0.25, 0.3) is 0 Å². The Hall–Kier alpha value is -3.62. The molecule has 0 amide bonds. The van der Waals surface area contributed by atoms with Crippen molar-refractivity contribution < 1.29 is 13.3 Å². The van der Waals surface area contributed by atoms with E-state index in [2.05, 4.69) is 47.5 Å². The third kappa shape index (κ3) is 3.42. The smallest absolute Gasteiger partial charge is 0.171 e. The molecule has 0 atom stereocenters. The Bertz CT molecular complexity index is 774. The molecule has 0 aliphatic carbocycles. The van der Waals surface area contributed by atoms with Crippen LogP contribution in [0.15, 0.2) is 12.1 Å². The number of hydrogen-bond donors (Lipinski definition) is 0. The third-order valence-electron chi connectivity index (χ3n) is 1.97. The molecule has 0 heterocycles. The average molecular weight is 250 g/mol. The monoisotopic (exact) mass is 250 g/mol. The highest BCUT2D eigenvalue weighted by Gasteiger charge is 2.08. The molecule has 1 rings (SSSR count). The lowest BCUT2D eigenvalue weighted by Crippen LogP contribution is -1.93. The summed E-state index contributed by atoms with van der Waals surface area (Å²) in [5.74, 6) is 16.9. The fourth-order valence-corrected chi connectivity index (χ4v) is 1.21. The molecule has 0 aliphatic rings. The minimum atomic E-state index is 0. The van der Waals surface area contributed by atoms with Crippen molar-refractivity contribution >= 4 is 0 Å². The highest BCUT2D eigenvalue weighted by molar-refractivity contribution is 5.60. The summed E-state index contributed by atoms with van der Waals surface area (Å²) in [5.41, 5.74) is 1.44. The largest absolute Gasteiger partial charge is 0.404 e. The minimum Gasteiger partial charge on any atom is -0.404 e. The summed E-state index contributed by atoms with van der Waals surface area (Å²) >= 11 is 0. The molecule has 0 saturated heterocycles. The standard InChI is InChI=1S/C18H6O.6H2/c1-5-9-10-11-12-19-18-16(7-3)13-15(6-2)14-17(18)8-4;;;;;;/h1-4,13-14H;6*1H. The van der Waals surface area contributed by atoms with Crippen LogP contribution in [0.3, 0.4) is 0 Å².